The normalized spacial score (nSPS) is 29.7. The third-order valence-corrected chi connectivity index (χ3v) is 6.75. The van der Waals surface area contributed by atoms with Gasteiger partial charge in [-0.3, -0.25) is 15.0 Å². The molecule has 4 bridgehead atoms. The molecule has 0 unspecified atom stereocenters. The lowest BCUT2D eigenvalue weighted by atomic mass is 9.53. The molecule has 2 N–H and O–H groups in total. The zero-order chi connectivity index (χ0) is 20.6. The van der Waals surface area contributed by atoms with Crippen LogP contribution >= 0.6 is 0 Å². The maximum Gasteiger partial charge on any atom is 0.321 e. The molecule has 4 saturated carbocycles. The second kappa shape index (κ2) is 7.94. The van der Waals surface area contributed by atoms with Crippen LogP contribution < -0.4 is 15.4 Å². The van der Waals surface area contributed by atoms with Crippen LogP contribution in [0.2, 0.25) is 0 Å². The minimum absolute atomic E-state index is 0.0575. The smallest absolute Gasteiger partial charge is 0.321 e. The topological polar surface area (TPSA) is 70.7 Å². The molecule has 4 aliphatic rings. The van der Waals surface area contributed by atoms with Crippen molar-refractivity contribution < 1.29 is 18.7 Å². The Morgan fingerprint density at radius 3 is 2.34 bits per heavy atom. The molecule has 1 aromatic carbocycles. The molecule has 0 aliphatic heterocycles. The quantitative estimate of drug-likeness (QED) is 0.766. The van der Waals surface area contributed by atoms with Gasteiger partial charge in [-0.1, -0.05) is 6.07 Å². The summed E-state index contributed by atoms with van der Waals surface area (Å²) in [6, 6.07) is 4.33. The molecule has 0 aromatic heterocycles. The van der Waals surface area contributed by atoms with Crippen molar-refractivity contribution in [2.75, 3.05) is 20.7 Å². The average molecular weight is 403 g/mol. The molecule has 5 rings (SSSR count). The van der Waals surface area contributed by atoms with E-state index in [9.17, 15) is 14.0 Å². The highest BCUT2D eigenvalue weighted by atomic mass is 19.1. The summed E-state index contributed by atoms with van der Waals surface area (Å²) in [5.41, 5.74) is 0.614. The number of ether oxygens (including phenoxy) is 1. The van der Waals surface area contributed by atoms with Gasteiger partial charge in [0.05, 0.1) is 13.7 Å². The van der Waals surface area contributed by atoms with Gasteiger partial charge in [0, 0.05) is 12.1 Å². The molecule has 0 spiro atoms. The first kappa shape index (κ1) is 20.1. The van der Waals surface area contributed by atoms with Crippen LogP contribution in [0.25, 0.3) is 0 Å². The molecule has 158 valence electrons. The summed E-state index contributed by atoms with van der Waals surface area (Å²) in [4.78, 5) is 26.5. The average Bonchev–Trinajstić information content (AvgIpc) is 2.59. The Morgan fingerprint density at radius 1 is 1.17 bits per heavy atom. The Bertz CT molecular complexity index is 762. The first-order valence-electron chi connectivity index (χ1n) is 10.5. The molecule has 29 heavy (non-hydrogen) atoms. The highest BCUT2D eigenvalue weighted by Crippen LogP contribution is 2.55. The van der Waals surface area contributed by atoms with Gasteiger partial charge in [0.2, 0.25) is 5.91 Å². The van der Waals surface area contributed by atoms with E-state index in [0.717, 1.165) is 42.6 Å². The summed E-state index contributed by atoms with van der Waals surface area (Å²) in [5.74, 6) is 1.59. The standard InChI is InChI=1S/C22H30FN3O3/c1-26(12-14-3-4-19(29-2)18(23)8-14)13-20(27)24-21(28)25-22-9-15-5-16(10-22)7-17(6-15)11-22/h3-4,8,15-17H,5-7,9-13H2,1-2H3,(H2,24,25,27,28). The van der Waals surface area contributed by atoms with E-state index in [1.165, 1.54) is 32.4 Å². The van der Waals surface area contributed by atoms with Gasteiger partial charge in [0.25, 0.3) is 0 Å². The molecule has 1 aromatic rings. The first-order valence-corrected chi connectivity index (χ1v) is 10.5. The number of rotatable bonds is 6. The Labute approximate surface area is 171 Å². The summed E-state index contributed by atoms with van der Waals surface area (Å²) in [6.07, 6.45) is 7.05. The molecule has 7 heteroatoms. The maximum atomic E-state index is 13.8. The minimum Gasteiger partial charge on any atom is -0.494 e. The monoisotopic (exact) mass is 403 g/mol. The number of urea groups is 1. The van der Waals surface area contributed by atoms with Crippen molar-refractivity contribution in [2.24, 2.45) is 17.8 Å². The molecular formula is C22H30FN3O3. The van der Waals surface area contributed by atoms with Gasteiger partial charge in [-0.05, 0) is 81.0 Å². The summed E-state index contributed by atoms with van der Waals surface area (Å²) < 4.78 is 18.7. The van der Waals surface area contributed by atoms with E-state index in [1.807, 2.05) is 0 Å². The molecule has 0 saturated heterocycles. The van der Waals surface area contributed by atoms with Crippen LogP contribution in [0.1, 0.15) is 44.1 Å². The van der Waals surface area contributed by atoms with Crippen molar-refractivity contribution in [1.82, 2.24) is 15.5 Å². The lowest BCUT2D eigenvalue weighted by molar-refractivity contribution is -0.121. The summed E-state index contributed by atoms with van der Waals surface area (Å²) in [7, 11) is 3.18. The number of carbonyl (C=O) groups excluding carboxylic acids is 2. The number of imide groups is 1. The fourth-order valence-electron chi connectivity index (χ4n) is 6.12. The van der Waals surface area contributed by atoms with Crippen LogP contribution in [0.3, 0.4) is 0 Å². The highest BCUT2D eigenvalue weighted by molar-refractivity contribution is 5.95. The van der Waals surface area contributed by atoms with Crippen molar-refractivity contribution in [3.63, 3.8) is 0 Å². The fraction of sp³-hybridized carbons (Fsp3) is 0.636. The van der Waals surface area contributed by atoms with Crippen LogP contribution in [-0.4, -0.2) is 43.1 Å². The van der Waals surface area contributed by atoms with E-state index in [-0.39, 0.29) is 29.8 Å². The number of hydrogen-bond donors (Lipinski definition) is 2. The third-order valence-electron chi connectivity index (χ3n) is 6.75. The predicted octanol–water partition coefficient (Wildman–Crippen LogP) is 3.06. The third kappa shape index (κ3) is 4.55. The van der Waals surface area contributed by atoms with Gasteiger partial charge in [-0.2, -0.15) is 0 Å². The van der Waals surface area contributed by atoms with Crippen molar-refractivity contribution in [3.8, 4) is 5.75 Å². The van der Waals surface area contributed by atoms with Gasteiger partial charge in [0.15, 0.2) is 11.6 Å². The van der Waals surface area contributed by atoms with Crippen LogP contribution in [0, 0.1) is 23.6 Å². The van der Waals surface area contributed by atoms with Crippen molar-refractivity contribution >= 4 is 11.9 Å². The Kier molecular flexibility index (Phi) is 5.51. The molecule has 4 aliphatic carbocycles. The molecule has 0 radical (unpaired) electrons. The molecule has 4 fully saturated rings. The fourth-order valence-corrected chi connectivity index (χ4v) is 6.12. The summed E-state index contributed by atoms with van der Waals surface area (Å²) in [5, 5.41) is 5.62. The zero-order valence-corrected chi connectivity index (χ0v) is 17.2. The minimum atomic E-state index is -0.433. The Hall–Kier alpha value is -2.15. The predicted molar refractivity (Wildman–Crippen MR) is 107 cm³/mol. The molecular weight excluding hydrogens is 373 g/mol. The van der Waals surface area contributed by atoms with Gasteiger partial charge < -0.3 is 10.1 Å². The second-order valence-corrected chi connectivity index (χ2v) is 9.34. The van der Waals surface area contributed by atoms with Gasteiger partial charge >= 0.3 is 6.03 Å². The number of nitrogens with one attached hydrogen (secondary N) is 2. The number of hydrogen-bond acceptors (Lipinski definition) is 4. The highest BCUT2D eigenvalue weighted by Gasteiger charge is 2.51. The van der Waals surface area contributed by atoms with Crippen LogP contribution in [0.15, 0.2) is 18.2 Å². The molecule has 0 atom stereocenters. The number of methoxy groups -OCH3 is 1. The van der Waals surface area contributed by atoms with Crippen molar-refractivity contribution in [1.29, 1.82) is 0 Å². The number of amides is 3. The summed E-state index contributed by atoms with van der Waals surface area (Å²) in [6.45, 7) is 0.451. The molecule has 3 amide bonds. The first-order chi connectivity index (χ1) is 13.8. The summed E-state index contributed by atoms with van der Waals surface area (Å²) >= 11 is 0. The second-order valence-electron chi connectivity index (χ2n) is 9.34. The van der Waals surface area contributed by atoms with E-state index in [4.69, 9.17) is 4.74 Å². The van der Waals surface area contributed by atoms with Gasteiger partial charge in [-0.25, -0.2) is 9.18 Å². The van der Waals surface area contributed by atoms with Gasteiger partial charge in [0.1, 0.15) is 0 Å². The van der Waals surface area contributed by atoms with Crippen LogP contribution in [0.4, 0.5) is 9.18 Å². The number of carbonyl (C=O) groups is 2. The largest absolute Gasteiger partial charge is 0.494 e. The van der Waals surface area contributed by atoms with E-state index in [2.05, 4.69) is 10.6 Å². The SMILES string of the molecule is COc1ccc(CN(C)CC(=O)NC(=O)NC23CC4CC(CC(C4)C2)C3)cc1F. The zero-order valence-electron chi connectivity index (χ0n) is 17.2. The maximum absolute atomic E-state index is 13.8. The lowest BCUT2D eigenvalue weighted by Crippen LogP contribution is -2.62. The van der Waals surface area contributed by atoms with Crippen molar-refractivity contribution in [2.45, 2.75) is 50.6 Å². The number of benzene rings is 1. The van der Waals surface area contributed by atoms with Crippen molar-refractivity contribution in [3.05, 3.63) is 29.6 Å². The van der Waals surface area contributed by atoms with Gasteiger partial charge in [-0.15, -0.1) is 0 Å². The number of nitrogens with zero attached hydrogens (tertiary/aromatic N) is 1. The van der Waals surface area contributed by atoms with Crippen LogP contribution in [-0.2, 0) is 11.3 Å². The molecule has 6 nitrogen and oxygen atoms in total. The Morgan fingerprint density at radius 2 is 1.79 bits per heavy atom. The van der Waals surface area contributed by atoms with Crippen LogP contribution in [0.5, 0.6) is 5.75 Å². The lowest BCUT2D eigenvalue weighted by Gasteiger charge is -2.56. The molecule has 0 heterocycles. The van der Waals surface area contributed by atoms with E-state index in [0.29, 0.717) is 6.54 Å². The van der Waals surface area contributed by atoms with E-state index < -0.39 is 5.82 Å². The van der Waals surface area contributed by atoms with E-state index >= 15 is 0 Å². The number of halogens is 1. The number of likely N-dealkylation sites (N-methyl/N-ethyl adjacent to an activating group) is 1. The Balaban J connectivity index is 1.26. The van der Waals surface area contributed by atoms with E-state index in [1.54, 1.807) is 24.1 Å².